The van der Waals surface area contributed by atoms with E-state index in [1.807, 2.05) is 6.07 Å². The predicted octanol–water partition coefficient (Wildman–Crippen LogP) is 2.87. The summed E-state index contributed by atoms with van der Waals surface area (Å²) in [6.07, 6.45) is 2.23. The van der Waals surface area contributed by atoms with E-state index < -0.39 is 0 Å². The first-order valence-electron chi connectivity index (χ1n) is 7.12. The van der Waals surface area contributed by atoms with Crippen molar-refractivity contribution in [1.82, 2.24) is 4.90 Å². The number of halogens is 1. The molecule has 0 aromatic heterocycles. The molecule has 1 aliphatic heterocycles. The standard InChI is InChI=1S/C16H23FN2O/c1-11-8-16(14(12(2)20)9-15(11)17)19-7-5-6-13(19)10-18(3)4/h8-9,13H,5-7,10H2,1-4H3. The second-order valence-corrected chi connectivity index (χ2v) is 5.93. The first-order chi connectivity index (χ1) is 9.40. The molecule has 1 atom stereocenters. The van der Waals surface area contributed by atoms with Crippen molar-refractivity contribution in [1.29, 1.82) is 0 Å². The summed E-state index contributed by atoms with van der Waals surface area (Å²) in [4.78, 5) is 16.2. The van der Waals surface area contributed by atoms with Gasteiger partial charge in [0.1, 0.15) is 5.82 Å². The molecule has 0 aliphatic carbocycles. The molecule has 1 aromatic rings. The van der Waals surface area contributed by atoms with Crippen LogP contribution in [0.2, 0.25) is 0 Å². The van der Waals surface area contributed by atoms with Crippen LogP contribution in [0.5, 0.6) is 0 Å². The number of likely N-dealkylation sites (N-methyl/N-ethyl adjacent to an activating group) is 1. The zero-order chi connectivity index (χ0) is 14.9. The number of aryl methyl sites for hydroxylation is 1. The lowest BCUT2D eigenvalue weighted by Crippen LogP contribution is -2.38. The van der Waals surface area contributed by atoms with E-state index in [1.54, 1.807) is 6.92 Å². The Morgan fingerprint density at radius 3 is 2.75 bits per heavy atom. The minimum absolute atomic E-state index is 0.0746. The Kier molecular flexibility index (Phi) is 4.43. The summed E-state index contributed by atoms with van der Waals surface area (Å²) < 4.78 is 13.7. The number of ketones is 1. The van der Waals surface area contributed by atoms with Gasteiger partial charge in [-0.2, -0.15) is 0 Å². The van der Waals surface area contributed by atoms with Gasteiger partial charge in [0.15, 0.2) is 5.78 Å². The molecule has 0 spiro atoms. The molecule has 0 amide bonds. The van der Waals surface area contributed by atoms with Gasteiger partial charge in [-0.15, -0.1) is 0 Å². The number of anilines is 1. The first-order valence-corrected chi connectivity index (χ1v) is 7.12. The summed E-state index contributed by atoms with van der Waals surface area (Å²) in [5.74, 6) is -0.378. The fraction of sp³-hybridized carbons (Fsp3) is 0.562. The lowest BCUT2D eigenvalue weighted by atomic mass is 10.0. The molecule has 0 N–H and O–H groups in total. The van der Waals surface area contributed by atoms with Crippen molar-refractivity contribution in [3.05, 3.63) is 29.1 Å². The third kappa shape index (κ3) is 3.01. The van der Waals surface area contributed by atoms with Gasteiger partial charge in [-0.25, -0.2) is 4.39 Å². The van der Waals surface area contributed by atoms with Gasteiger partial charge in [0, 0.05) is 30.4 Å². The van der Waals surface area contributed by atoms with Crippen LogP contribution in [0.4, 0.5) is 10.1 Å². The number of rotatable bonds is 4. The fourth-order valence-electron chi connectivity index (χ4n) is 2.95. The van der Waals surface area contributed by atoms with Crippen LogP contribution in [0, 0.1) is 12.7 Å². The van der Waals surface area contributed by atoms with Crippen LogP contribution in [0.15, 0.2) is 12.1 Å². The minimum atomic E-state index is -0.303. The van der Waals surface area contributed by atoms with Crippen LogP contribution in [0.1, 0.15) is 35.7 Å². The lowest BCUT2D eigenvalue weighted by Gasteiger charge is -2.30. The van der Waals surface area contributed by atoms with E-state index in [9.17, 15) is 9.18 Å². The first kappa shape index (κ1) is 15.0. The fourth-order valence-corrected chi connectivity index (χ4v) is 2.95. The Morgan fingerprint density at radius 2 is 2.15 bits per heavy atom. The number of carbonyl (C=O) groups is 1. The SMILES string of the molecule is CC(=O)c1cc(F)c(C)cc1N1CCCC1CN(C)C. The molecule has 0 bridgehead atoms. The highest BCUT2D eigenvalue weighted by molar-refractivity contribution is 6.00. The monoisotopic (exact) mass is 278 g/mol. The van der Waals surface area contributed by atoms with Gasteiger partial charge in [-0.3, -0.25) is 4.79 Å². The highest BCUT2D eigenvalue weighted by Gasteiger charge is 2.28. The minimum Gasteiger partial charge on any atom is -0.367 e. The number of nitrogens with zero attached hydrogens (tertiary/aromatic N) is 2. The number of hydrogen-bond acceptors (Lipinski definition) is 3. The van der Waals surface area contributed by atoms with Crippen molar-refractivity contribution in [3.8, 4) is 0 Å². The zero-order valence-electron chi connectivity index (χ0n) is 12.7. The van der Waals surface area contributed by atoms with Gasteiger partial charge in [-0.05, 0) is 58.5 Å². The molecule has 110 valence electrons. The van der Waals surface area contributed by atoms with E-state index in [-0.39, 0.29) is 11.6 Å². The average Bonchev–Trinajstić information content (AvgIpc) is 2.79. The van der Waals surface area contributed by atoms with E-state index in [0.29, 0.717) is 17.2 Å². The molecule has 1 aliphatic rings. The van der Waals surface area contributed by atoms with Gasteiger partial charge in [0.05, 0.1) is 0 Å². The largest absolute Gasteiger partial charge is 0.367 e. The Labute approximate surface area is 120 Å². The van der Waals surface area contributed by atoms with Crippen molar-refractivity contribution in [2.75, 3.05) is 32.1 Å². The van der Waals surface area contributed by atoms with Crippen molar-refractivity contribution in [3.63, 3.8) is 0 Å². The van der Waals surface area contributed by atoms with Crippen molar-refractivity contribution < 1.29 is 9.18 Å². The maximum absolute atomic E-state index is 13.7. The molecule has 2 rings (SSSR count). The second kappa shape index (κ2) is 5.92. The maximum Gasteiger partial charge on any atom is 0.161 e. The van der Waals surface area contributed by atoms with E-state index >= 15 is 0 Å². The summed E-state index contributed by atoms with van der Waals surface area (Å²) in [7, 11) is 4.11. The zero-order valence-corrected chi connectivity index (χ0v) is 12.7. The van der Waals surface area contributed by atoms with E-state index in [0.717, 1.165) is 31.6 Å². The average molecular weight is 278 g/mol. The third-order valence-corrected chi connectivity index (χ3v) is 3.92. The van der Waals surface area contributed by atoms with Crippen LogP contribution in [0.25, 0.3) is 0 Å². The van der Waals surface area contributed by atoms with E-state index in [4.69, 9.17) is 0 Å². The van der Waals surface area contributed by atoms with Crippen LogP contribution in [0.3, 0.4) is 0 Å². The number of benzene rings is 1. The van der Waals surface area contributed by atoms with Crippen LogP contribution in [-0.4, -0.2) is 43.9 Å². The highest BCUT2D eigenvalue weighted by atomic mass is 19.1. The predicted molar refractivity (Wildman–Crippen MR) is 80.1 cm³/mol. The summed E-state index contributed by atoms with van der Waals surface area (Å²) in [5.41, 5.74) is 1.99. The number of carbonyl (C=O) groups excluding carboxylic acids is 1. The van der Waals surface area contributed by atoms with Gasteiger partial charge in [-0.1, -0.05) is 0 Å². The van der Waals surface area contributed by atoms with Crippen LogP contribution < -0.4 is 4.90 Å². The molecule has 0 radical (unpaired) electrons. The molecule has 1 saturated heterocycles. The quantitative estimate of drug-likeness (QED) is 0.791. The van der Waals surface area contributed by atoms with Gasteiger partial charge in [0.25, 0.3) is 0 Å². The molecule has 4 heteroatoms. The smallest absolute Gasteiger partial charge is 0.161 e. The summed E-state index contributed by atoms with van der Waals surface area (Å²) in [6, 6.07) is 3.60. The molecule has 0 saturated carbocycles. The number of Topliss-reactive ketones (excluding diaryl/α,β-unsaturated/α-hetero) is 1. The van der Waals surface area contributed by atoms with Crippen molar-refractivity contribution >= 4 is 11.5 Å². The molecule has 20 heavy (non-hydrogen) atoms. The third-order valence-electron chi connectivity index (χ3n) is 3.92. The molecular weight excluding hydrogens is 255 g/mol. The number of hydrogen-bond donors (Lipinski definition) is 0. The maximum atomic E-state index is 13.7. The molecular formula is C16H23FN2O. The van der Waals surface area contributed by atoms with Crippen molar-refractivity contribution in [2.24, 2.45) is 0 Å². The van der Waals surface area contributed by atoms with E-state index in [2.05, 4.69) is 23.9 Å². The summed E-state index contributed by atoms with van der Waals surface area (Å²) >= 11 is 0. The topological polar surface area (TPSA) is 23.6 Å². The van der Waals surface area contributed by atoms with E-state index in [1.165, 1.54) is 13.0 Å². The Morgan fingerprint density at radius 1 is 1.45 bits per heavy atom. The highest BCUT2D eigenvalue weighted by Crippen LogP contribution is 2.31. The molecule has 1 heterocycles. The Hall–Kier alpha value is -1.42. The second-order valence-electron chi connectivity index (χ2n) is 5.93. The Balaban J connectivity index is 2.40. The molecule has 1 fully saturated rings. The molecule has 1 aromatic carbocycles. The van der Waals surface area contributed by atoms with Crippen LogP contribution in [-0.2, 0) is 0 Å². The van der Waals surface area contributed by atoms with Crippen LogP contribution >= 0.6 is 0 Å². The van der Waals surface area contributed by atoms with Crippen molar-refractivity contribution in [2.45, 2.75) is 32.7 Å². The van der Waals surface area contributed by atoms with Gasteiger partial charge >= 0.3 is 0 Å². The lowest BCUT2D eigenvalue weighted by molar-refractivity contribution is 0.101. The molecule has 3 nitrogen and oxygen atoms in total. The summed E-state index contributed by atoms with van der Waals surface area (Å²) in [6.45, 7) is 5.14. The Bertz CT molecular complexity index is 513. The normalized spacial score (nSPS) is 18.9. The van der Waals surface area contributed by atoms with Gasteiger partial charge in [0.2, 0.25) is 0 Å². The molecule has 1 unspecified atom stereocenters. The van der Waals surface area contributed by atoms with Gasteiger partial charge < -0.3 is 9.80 Å². The summed E-state index contributed by atoms with van der Waals surface area (Å²) in [5, 5.41) is 0.